The summed E-state index contributed by atoms with van der Waals surface area (Å²) in [4.78, 5) is 35.8. The Hall–Kier alpha value is -3.66. The number of carboxylic acid groups (broad SMARTS) is 1. The molecule has 9 nitrogen and oxygen atoms in total. The molecule has 3 aromatic rings. The maximum atomic E-state index is 12.5. The van der Waals surface area contributed by atoms with Crippen molar-refractivity contribution in [3.05, 3.63) is 71.0 Å². The Morgan fingerprint density at radius 1 is 1.03 bits per heavy atom. The minimum atomic E-state index is -1.03. The summed E-state index contributed by atoms with van der Waals surface area (Å²) in [5.74, 6) is -0.776. The number of aryl methyl sites for hydroxylation is 1. The van der Waals surface area contributed by atoms with Crippen LogP contribution in [0.4, 0.5) is 5.69 Å². The van der Waals surface area contributed by atoms with Gasteiger partial charge in [0.05, 0.1) is 17.4 Å². The third kappa shape index (κ3) is 6.19. The van der Waals surface area contributed by atoms with Crippen LogP contribution in [0.2, 0.25) is 0 Å². The highest BCUT2D eigenvalue weighted by Crippen LogP contribution is 2.21. The third-order valence-corrected chi connectivity index (χ3v) is 5.83. The Labute approximate surface area is 195 Å². The van der Waals surface area contributed by atoms with Crippen LogP contribution in [-0.4, -0.2) is 43.4 Å². The zero-order valence-electron chi connectivity index (χ0n) is 18.5. The van der Waals surface area contributed by atoms with E-state index in [0.29, 0.717) is 28.8 Å². The first-order chi connectivity index (χ1) is 15.8. The number of benzene rings is 2. The number of aromatic nitrogens is 3. The SMILES string of the molecule is CCn1c(SCC(=O)Nc2ccc(C(=O)O)cc2)nnc1[C@@H](C)NC(=O)c1ccc(C)cc1. The highest BCUT2D eigenvalue weighted by atomic mass is 32.2. The van der Waals surface area contributed by atoms with E-state index in [4.69, 9.17) is 5.11 Å². The van der Waals surface area contributed by atoms with E-state index >= 15 is 0 Å². The largest absolute Gasteiger partial charge is 0.478 e. The van der Waals surface area contributed by atoms with Crippen LogP contribution in [0.25, 0.3) is 0 Å². The topological polar surface area (TPSA) is 126 Å². The van der Waals surface area contributed by atoms with Crippen molar-refractivity contribution in [2.45, 2.75) is 38.5 Å². The minimum absolute atomic E-state index is 0.100. The molecule has 1 atom stereocenters. The summed E-state index contributed by atoms with van der Waals surface area (Å²) < 4.78 is 1.86. The van der Waals surface area contributed by atoms with E-state index in [1.807, 2.05) is 37.5 Å². The van der Waals surface area contributed by atoms with Crippen LogP contribution in [0, 0.1) is 6.92 Å². The van der Waals surface area contributed by atoms with Crippen molar-refractivity contribution < 1.29 is 19.5 Å². The maximum Gasteiger partial charge on any atom is 0.335 e. The molecule has 0 aliphatic heterocycles. The van der Waals surface area contributed by atoms with Crippen molar-refractivity contribution in [1.29, 1.82) is 0 Å². The van der Waals surface area contributed by atoms with Crippen LogP contribution in [0.3, 0.4) is 0 Å². The second-order valence-electron chi connectivity index (χ2n) is 7.37. The molecule has 0 aliphatic rings. The number of aromatic carboxylic acids is 1. The molecular formula is C23H25N5O4S. The predicted molar refractivity (Wildman–Crippen MR) is 126 cm³/mol. The van der Waals surface area contributed by atoms with Crippen LogP contribution in [-0.2, 0) is 11.3 Å². The van der Waals surface area contributed by atoms with Crippen LogP contribution in [0.15, 0.2) is 53.7 Å². The molecule has 1 heterocycles. The number of hydrogen-bond donors (Lipinski definition) is 3. The second kappa shape index (κ2) is 10.8. The lowest BCUT2D eigenvalue weighted by atomic mass is 10.1. The van der Waals surface area contributed by atoms with Crippen LogP contribution in [0.1, 0.15) is 52.0 Å². The lowest BCUT2D eigenvalue weighted by Crippen LogP contribution is -2.28. The summed E-state index contributed by atoms with van der Waals surface area (Å²) in [6, 6.07) is 12.9. The van der Waals surface area contributed by atoms with Gasteiger partial charge in [0.2, 0.25) is 5.91 Å². The molecule has 0 unspecified atom stereocenters. The van der Waals surface area contributed by atoms with Gasteiger partial charge < -0.3 is 20.3 Å². The smallest absolute Gasteiger partial charge is 0.335 e. The van der Waals surface area contributed by atoms with Crippen molar-refractivity contribution in [3.63, 3.8) is 0 Å². The number of hydrogen-bond acceptors (Lipinski definition) is 6. The lowest BCUT2D eigenvalue weighted by molar-refractivity contribution is -0.113. The van der Waals surface area contributed by atoms with Crippen molar-refractivity contribution in [2.24, 2.45) is 0 Å². The van der Waals surface area contributed by atoms with Gasteiger partial charge >= 0.3 is 5.97 Å². The monoisotopic (exact) mass is 467 g/mol. The number of anilines is 1. The van der Waals surface area contributed by atoms with Gasteiger partial charge in [0.25, 0.3) is 5.91 Å². The molecule has 0 fully saturated rings. The lowest BCUT2D eigenvalue weighted by Gasteiger charge is -2.15. The molecule has 33 heavy (non-hydrogen) atoms. The summed E-state index contributed by atoms with van der Waals surface area (Å²) in [6.07, 6.45) is 0. The van der Waals surface area contributed by atoms with E-state index in [2.05, 4.69) is 20.8 Å². The first-order valence-electron chi connectivity index (χ1n) is 10.3. The third-order valence-electron chi connectivity index (χ3n) is 4.86. The Balaban J connectivity index is 1.60. The van der Waals surface area contributed by atoms with Gasteiger partial charge in [0, 0.05) is 17.8 Å². The van der Waals surface area contributed by atoms with Gasteiger partial charge in [-0.15, -0.1) is 10.2 Å². The Morgan fingerprint density at radius 2 is 1.67 bits per heavy atom. The molecule has 172 valence electrons. The molecular weight excluding hydrogens is 442 g/mol. The van der Waals surface area contributed by atoms with Gasteiger partial charge in [-0.2, -0.15) is 0 Å². The van der Waals surface area contributed by atoms with Gasteiger partial charge in [0.15, 0.2) is 11.0 Å². The number of nitrogens with one attached hydrogen (secondary N) is 2. The standard InChI is InChI=1S/C23H25N5O4S/c1-4-28-20(15(3)24-21(30)16-7-5-14(2)6-8-16)26-27-23(28)33-13-19(29)25-18-11-9-17(10-12-18)22(31)32/h5-12,15H,4,13H2,1-3H3,(H,24,30)(H,25,29)(H,31,32)/t15-/m1/s1. The van der Waals surface area contributed by atoms with E-state index in [0.717, 1.165) is 5.56 Å². The zero-order valence-corrected chi connectivity index (χ0v) is 19.3. The summed E-state index contributed by atoms with van der Waals surface area (Å²) in [5.41, 5.74) is 2.30. The fourth-order valence-electron chi connectivity index (χ4n) is 3.10. The van der Waals surface area contributed by atoms with E-state index in [1.165, 1.54) is 36.0 Å². The Kier molecular flexibility index (Phi) is 7.83. The molecule has 0 radical (unpaired) electrons. The molecule has 3 N–H and O–H groups in total. The number of rotatable bonds is 9. The number of nitrogens with zero attached hydrogens (tertiary/aromatic N) is 3. The number of amides is 2. The van der Waals surface area contributed by atoms with Crippen molar-refractivity contribution in [1.82, 2.24) is 20.1 Å². The van der Waals surface area contributed by atoms with Gasteiger partial charge in [-0.25, -0.2) is 4.79 Å². The molecule has 2 amide bonds. The van der Waals surface area contributed by atoms with Gasteiger partial charge in [-0.05, 0) is 57.2 Å². The predicted octanol–water partition coefficient (Wildman–Crippen LogP) is 3.53. The highest BCUT2D eigenvalue weighted by molar-refractivity contribution is 7.99. The first kappa shape index (κ1) is 24.0. The van der Waals surface area contributed by atoms with E-state index in [1.54, 1.807) is 12.1 Å². The van der Waals surface area contributed by atoms with Crippen molar-refractivity contribution in [3.8, 4) is 0 Å². The molecule has 10 heteroatoms. The fraction of sp³-hybridized carbons (Fsp3) is 0.261. The number of thioether (sulfide) groups is 1. The number of carboxylic acids is 1. The first-order valence-corrected chi connectivity index (χ1v) is 11.3. The molecule has 2 aromatic carbocycles. The molecule has 1 aromatic heterocycles. The van der Waals surface area contributed by atoms with Gasteiger partial charge in [-0.1, -0.05) is 29.5 Å². The van der Waals surface area contributed by atoms with E-state index in [-0.39, 0.29) is 29.2 Å². The van der Waals surface area contributed by atoms with E-state index < -0.39 is 5.97 Å². The summed E-state index contributed by atoms with van der Waals surface area (Å²) in [7, 11) is 0. The second-order valence-corrected chi connectivity index (χ2v) is 8.31. The van der Waals surface area contributed by atoms with Gasteiger partial charge in [-0.3, -0.25) is 9.59 Å². The summed E-state index contributed by atoms with van der Waals surface area (Å²) in [5, 5.41) is 23.6. The number of carbonyl (C=O) groups excluding carboxylic acids is 2. The molecule has 3 rings (SSSR count). The molecule has 0 spiro atoms. The summed E-state index contributed by atoms with van der Waals surface area (Å²) >= 11 is 1.23. The average molecular weight is 468 g/mol. The fourth-order valence-corrected chi connectivity index (χ4v) is 3.91. The van der Waals surface area contributed by atoms with Crippen molar-refractivity contribution >= 4 is 35.2 Å². The quantitative estimate of drug-likeness (QED) is 0.411. The molecule has 0 aliphatic carbocycles. The van der Waals surface area contributed by atoms with Crippen LogP contribution < -0.4 is 10.6 Å². The average Bonchev–Trinajstić information content (AvgIpc) is 3.21. The number of carbonyl (C=O) groups is 3. The normalized spacial score (nSPS) is 11.6. The zero-order chi connectivity index (χ0) is 24.0. The highest BCUT2D eigenvalue weighted by Gasteiger charge is 2.20. The molecule has 0 bridgehead atoms. The van der Waals surface area contributed by atoms with Gasteiger partial charge in [0.1, 0.15) is 0 Å². The Morgan fingerprint density at radius 3 is 2.27 bits per heavy atom. The van der Waals surface area contributed by atoms with Crippen LogP contribution in [0.5, 0.6) is 0 Å². The maximum absolute atomic E-state index is 12.5. The van der Waals surface area contributed by atoms with Crippen LogP contribution >= 0.6 is 11.8 Å². The van der Waals surface area contributed by atoms with E-state index in [9.17, 15) is 14.4 Å². The Bertz CT molecular complexity index is 1140. The molecule has 0 saturated carbocycles. The minimum Gasteiger partial charge on any atom is -0.478 e. The van der Waals surface area contributed by atoms with Crippen molar-refractivity contribution in [2.75, 3.05) is 11.1 Å². The molecule has 0 saturated heterocycles. The summed E-state index contributed by atoms with van der Waals surface area (Å²) in [6.45, 7) is 6.32.